The van der Waals surface area contributed by atoms with Gasteiger partial charge in [-0.05, 0) is 52.6 Å². The third-order valence-corrected chi connectivity index (χ3v) is 5.32. The number of aliphatic imine (C=N–C) groups is 1. The molecule has 156 valence electrons. The zero-order chi connectivity index (χ0) is 18.7. The number of carbonyl (C=O) groups is 1. The molecule has 2 fully saturated rings. The Morgan fingerprint density at radius 3 is 2.74 bits per heavy atom. The van der Waals surface area contributed by atoms with Crippen molar-refractivity contribution in [3.63, 3.8) is 0 Å². The summed E-state index contributed by atoms with van der Waals surface area (Å²) in [6.45, 7) is 15.6. The number of amides is 1. The van der Waals surface area contributed by atoms with Crippen molar-refractivity contribution >= 4 is 36.0 Å². The molecule has 0 aliphatic carbocycles. The van der Waals surface area contributed by atoms with Crippen molar-refractivity contribution in [3.8, 4) is 0 Å². The Labute approximate surface area is 180 Å². The highest BCUT2D eigenvalue weighted by Crippen LogP contribution is 2.20. The van der Waals surface area contributed by atoms with E-state index in [4.69, 9.17) is 9.73 Å². The molecule has 0 saturated carbocycles. The molecule has 2 unspecified atom stereocenters. The molecule has 7 nitrogen and oxygen atoms in total. The Hall–Kier alpha value is -0.770. The quantitative estimate of drug-likeness (QED) is 0.609. The molecule has 27 heavy (non-hydrogen) atoms. The van der Waals surface area contributed by atoms with Crippen LogP contribution in [0.15, 0.2) is 4.99 Å². The van der Waals surface area contributed by atoms with Crippen LogP contribution >= 0.6 is 24.0 Å². The molecule has 1 amide bonds. The number of rotatable bonds is 4. The molecular weight excluding hydrogens is 457 g/mol. The molecule has 3 rings (SSSR count). The SMILES string of the molecule is CCCN1CCC(CNC2=NCC3CN(C(=O)OC(C)(C)C)CCN23)C1.I. The van der Waals surface area contributed by atoms with Gasteiger partial charge in [0.1, 0.15) is 5.60 Å². The van der Waals surface area contributed by atoms with Crippen molar-refractivity contribution in [1.29, 1.82) is 0 Å². The summed E-state index contributed by atoms with van der Waals surface area (Å²) < 4.78 is 5.51. The highest BCUT2D eigenvalue weighted by molar-refractivity contribution is 14.0. The van der Waals surface area contributed by atoms with Crippen LogP contribution in [-0.4, -0.2) is 90.8 Å². The van der Waals surface area contributed by atoms with E-state index in [1.54, 1.807) is 0 Å². The third kappa shape index (κ3) is 6.10. The Bertz CT molecular complexity index is 537. The van der Waals surface area contributed by atoms with E-state index in [9.17, 15) is 4.79 Å². The number of guanidine groups is 1. The molecule has 1 N–H and O–H groups in total. The Morgan fingerprint density at radius 2 is 2.04 bits per heavy atom. The van der Waals surface area contributed by atoms with Gasteiger partial charge in [-0.25, -0.2) is 4.79 Å². The molecular formula is C19H36IN5O2. The lowest BCUT2D eigenvalue weighted by Crippen LogP contribution is -2.57. The number of fused-ring (bicyclic) bond motifs is 1. The summed E-state index contributed by atoms with van der Waals surface area (Å²) in [6, 6.07) is 0.277. The zero-order valence-corrected chi connectivity index (χ0v) is 19.6. The lowest BCUT2D eigenvalue weighted by Gasteiger charge is -2.39. The van der Waals surface area contributed by atoms with Crippen LogP contribution in [0.5, 0.6) is 0 Å². The number of piperazine rings is 1. The van der Waals surface area contributed by atoms with Gasteiger partial charge in [0.05, 0.1) is 12.6 Å². The van der Waals surface area contributed by atoms with E-state index >= 15 is 0 Å². The summed E-state index contributed by atoms with van der Waals surface area (Å²) in [5, 5.41) is 3.58. The fraction of sp³-hybridized carbons (Fsp3) is 0.895. The third-order valence-electron chi connectivity index (χ3n) is 5.32. The molecule has 0 spiro atoms. The standard InChI is InChI=1S/C19H35N5O2.HI/c1-5-7-22-8-6-15(13-22)11-20-17-21-12-16-14-23(9-10-24(16)17)18(25)26-19(2,3)4;/h15-16H,5-14H2,1-4H3,(H,20,21);1H. The summed E-state index contributed by atoms with van der Waals surface area (Å²) in [4.78, 5) is 23.7. The van der Waals surface area contributed by atoms with Crippen LogP contribution in [0.3, 0.4) is 0 Å². The minimum absolute atomic E-state index is 0. The van der Waals surface area contributed by atoms with Crippen molar-refractivity contribution in [2.24, 2.45) is 10.9 Å². The highest BCUT2D eigenvalue weighted by atomic mass is 127. The van der Waals surface area contributed by atoms with Crippen LogP contribution < -0.4 is 5.32 Å². The molecule has 3 aliphatic rings. The number of halogens is 1. The van der Waals surface area contributed by atoms with Crippen LogP contribution in [0.2, 0.25) is 0 Å². The molecule has 0 aromatic carbocycles. The van der Waals surface area contributed by atoms with Crippen molar-refractivity contribution in [2.75, 3.05) is 52.4 Å². The number of ether oxygens (including phenoxy) is 1. The molecule has 8 heteroatoms. The second-order valence-electron chi connectivity index (χ2n) is 8.77. The van der Waals surface area contributed by atoms with Crippen LogP contribution in [0.4, 0.5) is 4.79 Å². The largest absolute Gasteiger partial charge is 0.444 e. The molecule has 0 radical (unpaired) electrons. The fourth-order valence-corrected chi connectivity index (χ4v) is 4.06. The van der Waals surface area contributed by atoms with Crippen LogP contribution in [0.1, 0.15) is 40.5 Å². The van der Waals surface area contributed by atoms with E-state index in [2.05, 4.69) is 22.0 Å². The number of likely N-dealkylation sites (tertiary alicyclic amines) is 1. The molecule has 0 bridgehead atoms. The molecule has 2 atom stereocenters. The highest BCUT2D eigenvalue weighted by Gasteiger charge is 2.36. The first-order valence-electron chi connectivity index (χ1n) is 10.1. The van der Waals surface area contributed by atoms with Gasteiger partial charge in [-0.3, -0.25) is 4.99 Å². The van der Waals surface area contributed by atoms with Gasteiger partial charge in [0, 0.05) is 32.7 Å². The van der Waals surface area contributed by atoms with Gasteiger partial charge in [-0.15, -0.1) is 24.0 Å². The van der Waals surface area contributed by atoms with Gasteiger partial charge in [-0.2, -0.15) is 0 Å². The Morgan fingerprint density at radius 1 is 1.26 bits per heavy atom. The minimum Gasteiger partial charge on any atom is -0.444 e. The first-order chi connectivity index (χ1) is 12.4. The average Bonchev–Trinajstić information content (AvgIpc) is 3.17. The van der Waals surface area contributed by atoms with E-state index < -0.39 is 5.60 Å². The first-order valence-corrected chi connectivity index (χ1v) is 10.1. The zero-order valence-electron chi connectivity index (χ0n) is 17.2. The van der Waals surface area contributed by atoms with Gasteiger partial charge in [0.15, 0.2) is 5.96 Å². The average molecular weight is 493 g/mol. The second kappa shape index (κ2) is 9.62. The van der Waals surface area contributed by atoms with Crippen molar-refractivity contribution < 1.29 is 9.53 Å². The van der Waals surface area contributed by atoms with E-state index in [0.29, 0.717) is 19.0 Å². The normalized spacial score (nSPS) is 25.7. The van der Waals surface area contributed by atoms with Gasteiger partial charge in [0.25, 0.3) is 0 Å². The fourth-order valence-electron chi connectivity index (χ4n) is 4.06. The van der Waals surface area contributed by atoms with Crippen LogP contribution in [-0.2, 0) is 4.74 Å². The summed E-state index contributed by atoms with van der Waals surface area (Å²) in [6.07, 6.45) is 2.30. The Kier molecular flexibility index (Phi) is 8.03. The second-order valence-corrected chi connectivity index (χ2v) is 8.77. The summed E-state index contributed by atoms with van der Waals surface area (Å²) >= 11 is 0. The topological polar surface area (TPSA) is 60.4 Å². The maximum Gasteiger partial charge on any atom is 0.410 e. The van der Waals surface area contributed by atoms with E-state index in [1.165, 1.54) is 32.5 Å². The number of hydrogen-bond acceptors (Lipinski definition) is 6. The maximum atomic E-state index is 12.3. The predicted octanol–water partition coefficient (Wildman–Crippen LogP) is 2.22. The van der Waals surface area contributed by atoms with Gasteiger partial charge >= 0.3 is 6.09 Å². The van der Waals surface area contributed by atoms with Gasteiger partial charge in [0.2, 0.25) is 0 Å². The summed E-state index contributed by atoms with van der Waals surface area (Å²) in [7, 11) is 0. The number of nitrogens with one attached hydrogen (secondary N) is 1. The summed E-state index contributed by atoms with van der Waals surface area (Å²) in [5.41, 5.74) is -0.444. The predicted molar refractivity (Wildman–Crippen MR) is 119 cm³/mol. The van der Waals surface area contributed by atoms with E-state index in [0.717, 1.165) is 25.6 Å². The smallest absolute Gasteiger partial charge is 0.410 e. The van der Waals surface area contributed by atoms with Gasteiger partial charge < -0.3 is 24.8 Å². The van der Waals surface area contributed by atoms with Gasteiger partial charge in [-0.1, -0.05) is 6.92 Å². The first kappa shape index (κ1) is 22.5. The Balaban J connectivity index is 0.00000261. The van der Waals surface area contributed by atoms with Crippen LogP contribution in [0.25, 0.3) is 0 Å². The molecule has 2 saturated heterocycles. The van der Waals surface area contributed by atoms with Crippen molar-refractivity contribution in [1.82, 2.24) is 20.0 Å². The van der Waals surface area contributed by atoms with Crippen molar-refractivity contribution in [3.05, 3.63) is 0 Å². The monoisotopic (exact) mass is 493 g/mol. The lowest BCUT2D eigenvalue weighted by molar-refractivity contribution is 0.0137. The minimum atomic E-state index is -0.444. The van der Waals surface area contributed by atoms with Crippen molar-refractivity contribution in [2.45, 2.75) is 52.2 Å². The molecule has 3 heterocycles. The number of hydrogen-bond donors (Lipinski definition) is 1. The molecule has 3 aliphatic heterocycles. The lowest BCUT2D eigenvalue weighted by atomic mass is 10.1. The molecule has 0 aromatic rings. The van der Waals surface area contributed by atoms with E-state index in [1.807, 2.05) is 25.7 Å². The maximum absolute atomic E-state index is 12.3. The van der Waals surface area contributed by atoms with E-state index in [-0.39, 0.29) is 36.1 Å². The summed E-state index contributed by atoms with van der Waals surface area (Å²) in [5.74, 6) is 1.74. The number of nitrogens with zero attached hydrogens (tertiary/aromatic N) is 4. The molecule has 0 aromatic heterocycles. The van der Waals surface area contributed by atoms with Crippen LogP contribution in [0, 0.1) is 5.92 Å². The number of carbonyl (C=O) groups excluding carboxylic acids is 1.